The molecule has 1 aromatic carbocycles. The Labute approximate surface area is 141 Å². The highest BCUT2D eigenvalue weighted by molar-refractivity contribution is 6.08. The molecule has 1 aliphatic carbocycles. The van der Waals surface area contributed by atoms with Gasteiger partial charge in [-0.1, -0.05) is 13.8 Å². The number of benzene rings is 1. The lowest BCUT2D eigenvalue weighted by molar-refractivity contribution is -0.134. The van der Waals surface area contributed by atoms with Crippen LogP contribution in [-0.4, -0.2) is 24.1 Å². The van der Waals surface area contributed by atoms with E-state index in [-0.39, 0.29) is 11.6 Å². The smallest absolute Gasteiger partial charge is 0.343 e. The van der Waals surface area contributed by atoms with E-state index in [2.05, 4.69) is 0 Å². The fourth-order valence-corrected chi connectivity index (χ4v) is 3.08. The van der Waals surface area contributed by atoms with Crippen LogP contribution in [0.1, 0.15) is 44.5 Å². The molecule has 0 spiro atoms. The van der Waals surface area contributed by atoms with E-state index < -0.39 is 17.3 Å². The summed E-state index contributed by atoms with van der Waals surface area (Å²) in [5.41, 5.74) is -0.204. The van der Waals surface area contributed by atoms with Gasteiger partial charge in [0.1, 0.15) is 17.3 Å². The Morgan fingerprint density at radius 1 is 1.21 bits per heavy atom. The molecule has 5 nitrogen and oxygen atoms in total. The van der Waals surface area contributed by atoms with Gasteiger partial charge in [0.15, 0.2) is 5.78 Å². The molecule has 0 N–H and O–H groups in total. The molecule has 0 saturated carbocycles. The zero-order chi connectivity index (χ0) is 17.9. The Bertz CT molecular complexity index is 682. The summed E-state index contributed by atoms with van der Waals surface area (Å²) >= 11 is 0. The van der Waals surface area contributed by atoms with Crippen molar-refractivity contribution >= 4 is 17.5 Å². The number of ketones is 2. The zero-order valence-corrected chi connectivity index (χ0v) is 14.4. The number of hydrogen-bond acceptors (Lipinski definition) is 5. The SMILES string of the molecule is CCOc1ccc(C(=O)OC2=CC(=O)C(C(C)=O)C(C)(C)C2)cc1. The van der Waals surface area contributed by atoms with Crippen LogP contribution in [0.3, 0.4) is 0 Å². The first-order valence-electron chi connectivity index (χ1n) is 7.94. The van der Waals surface area contributed by atoms with Crippen LogP contribution in [0.4, 0.5) is 0 Å². The molecule has 0 fully saturated rings. The quantitative estimate of drug-likeness (QED) is 0.612. The van der Waals surface area contributed by atoms with E-state index in [1.165, 1.54) is 13.0 Å². The van der Waals surface area contributed by atoms with E-state index in [1.807, 2.05) is 20.8 Å². The van der Waals surface area contributed by atoms with E-state index in [9.17, 15) is 14.4 Å². The van der Waals surface area contributed by atoms with Crippen LogP contribution in [0.25, 0.3) is 0 Å². The van der Waals surface area contributed by atoms with Crippen molar-refractivity contribution in [3.8, 4) is 5.75 Å². The number of allylic oxidation sites excluding steroid dienone is 2. The Kier molecular flexibility index (Phi) is 5.22. The highest BCUT2D eigenvalue weighted by Crippen LogP contribution is 2.39. The van der Waals surface area contributed by atoms with Gasteiger partial charge < -0.3 is 9.47 Å². The second-order valence-electron chi connectivity index (χ2n) is 6.57. The molecule has 1 atom stereocenters. The number of ether oxygens (including phenoxy) is 2. The second-order valence-corrected chi connectivity index (χ2v) is 6.57. The number of Topliss-reactive ketones (excluding diaryl/α,β-unsaturated/α-hetero) is 1. The minimum Gasteiger partial charge on any atom is -0.494 e. The number of carbonyl (C=O) groups is 3. The van der Waals surface area contributed by atoms with Gasteiger partial charge >= 0.3 is 5.97 Å². The number of carbonyl (C=O) groups excluding carboxylic acids is 3. The molecule has 0 saturated heterocycles. The first-order chi connectivity index (χ1) is 11.2. The number of hydrogen-bond donors (Lipinski definition) is 0. The maximum Gasteiger partial charge on any atom is 0.343 e. The van der Waals surface area contributed by atoms with Crippen LogP contribution in [-0.2, 0) is 14.3 Å². The van der Waals surface area contributed by atoms with Crippen molar-refractivity contribution in [2.45, 2.75) is 34.1 Å². The molecule has 0 amide bonds. The summed E-state index contributed by atoms with van der Waals surface area (Å²) in [4.78, 5) is 36.1. The molecule has 1 unspecified atom stereocenters. The topological polar surface area (TPSA) is 69.7 Å². The van der Waals surface area contributed by atoms with Gasteiger partial charge in [0, 0.05) is 12.5 Å². The first-order valence-corrected chi connectivity index (χ1v) is 7.94. The lowest BCUT2D eigenvalue weighted by Gasteiger charge is -2.34. The molecule has 0 bridgehead atoms. The maximum absolute atomic E-state index is 12.2. The average Bonchev–Trinajstić information content (AvgIpc) is 2.45. The van der Waals surface area contributed by atoms with Gasteiger partial charge in [0.05, 0.1) is 18.1 Å². The van der Waals surface area contributed by atoms with Crippen LogP contribution in [0.2, 0.25) is 0 Å². The standard InChI is InChI=1S/C19H22O5/c1-5-23-14-8-6-13(7-9-14)18(22)24-15-10-16(21)17(12(2)20)19(3,4)11-15/h6-10,17H,5,11H2,1-4H3. The summed E-state index contributed by atoms with van der Waals surface area (Å²) in [6, 6.07) is 6.61. The van der Waals surface area contributed by atoms with Gasteiger partial charge in [-0.05, 0) is 43.5 Å². The largest absolute Gasteiger partial charge is 0.494 e. The van der Waals surface area contributed by atoms with Gasteiger partial charge in [0.25, 0.3) is 0 Å². The van der Waals surface area contributed by atoms with E-state index in [0.717, 1.165) is 0 Å². The lowest BCUT2D eigenvalue weighted by Crippen LogP contribution is -2.39. The Balaban J connectivity index is 2.13. The van der Waals surface area contributed by atoms with Crippen molar-refractivity contribution < 1.29 is 23.9 Å². The highest BCUT2D eigenvalue weighted by Gasteiger charge is 2.42. The number of rotatable bonds is 5. The van der Waals surface area contributed by atoms with Crippen molar-refractivity contribution in [2.24, 2.45) is 11.3 Å². The highest BCUT2D eigenvalue weighted by atomic mass is 16.5. The van der Waals surface area contributed by atoms with Gasteiger partial charge in [-0.3, -0.25) is 9.59 Å². The van der Waals surface area contributed by atoms with Crippen LogP contribution >= 0.6 is 0 Å². The van der Waals surface area contributed by atoms with E-state index in [1.54, 1.807) is 24.3 Å². The second kappa shape index (κ2) is 6.99. The molecule has 1 aliphatic rings. The molecule has 1 aromatic rings. The van der Waals surface area contributed by atoms with Gasteiger partial charge in [-0.15, -0.1) is 0 Å². The molecule has 0 radical (unpaired) electrons. The fraction of sp³-hybridized carbons (Fsp3) is 0.421. The minimum absolute atomic E-state index is 0.168. The summed E-state index contributed by atoms with van der Waals surface area (Å²) in [5, 5.41) is 0. The summed E-state index contributed by atoms with van der Waals surface area (Å²) in [6.07, 6.45) is 1.62. The van der Waals surface area contributed by atoms with Crippen LogP contribution < -0.4 is 4.74 Å². The molecule has 2 rings (SSSR count). The van der Waals surface area contributed by atoms with Crippen molar-refractivity contribution in [2.75, 3.05) is 6.61 Å². The van der Waals surface area contributed by atoms with Crippen molar-refractivity contribution in [3.05, 3.63) is 41.7 Å². The molecule has 0 aromatic heterocycles. The molecule has 0 heterocycles. The summed E-state index contributed by atoms with van der Waals surface area (Å²) in [7, 11) is 0. The molecule has 128 valence electrons. The van der Waals surface area contributed by atoms with Crippen LogP contribution in [0.5, 0.6) is 5.75 Å². The fourth-order valence-electron chi connectivity index (χ4n) is 3.08. The Morgan fingerprint density at radius 3 is 2.33 bits per heavy atom. The van der Waals surface area contributed by atoms with Gasteiger partial charge in [0.2, 0.25) is 0 Å². The predicted molar refractivity (Wildman–Crippen MR) is 88.7 cm³/mol. The molecule has 24 heavy (non-hydrogen) atoms. The Morgan fingerprint density at radius 2 is 1.83 bits per heavy atom. The summed E-state index contributed by atoms with van der Waals surface area (Å²) in [6.45, 7) is 7.49. The predicted octanol–water partition coefficient (Wildman–Crippen LogP) is 3.33. The van der Waals surface area contributed by atoms with E-state index in [0.29, 0.717) is 30.1 Å². The van der Waals surface area contributed by atoms with Crippen LogP contribution in [0.15, 0.2) is 36.1 Å². The summed E-state index contributed by atoms with van der Waals surface area (Å²) < 4.78 is 10.7. The van der Waals surface area contributed by atoms with Crippen LogP contribution in [0, 0.1) is 11.3 Å². The minimum atomic E-state index is -0.689. The Hall–Kier alpha value is -2.43. The summed E-state index contributed by atoms with van der Waals surface area (Å²) in [5.74, 6) is -0.737. The monoisotopic (exact) mass is 330 g/mol. The maximum atomic E-state index is 12.2. The molecule has 0 aliphatic heterocycles. The van der Waals surface area contributed by atoms with E-state index >= 15 is 0 Å². The van der Waals surface area contributed by atoms with Crippen molar-refractivity contribution in [3.63, 3.8) is 0 Å². The zero-order valence-electron chi connectivity index (χ0n) is 14.4. The third-order valence-corrected chi connectivity index (χ3v) is 4.03. The lowest BCUT2D eigenvalue weighted by atomic mass is 9.69. The van der Waals surface area contributed by atoms with Crippen molar-refractivity contribution in [1.29, 1.82) is 0 Å². The first kappa shape index (κ1) is 17.9. The van der Waals surface area contributed by atoms with Gasteiger partial charge in [-0.25, -0.2) is 4.79 Å². The molecular weight excluding hydrogens is 308 g/mol. The number of esters is 1. The van der Waals surface area contributed by atoms with Gasteiger partial charge in [-0.2, -0.15) is 0 Å². The molecule has 5 heteroatoms. The third kappa shape index (κ3) is 3.91. The molecular formula is C19H22O5. The normalized spacial score (nSPS) is 19.4. The van der Waals surface area contributed by atoms with Crippen molar-refractivity contribution in [1.82, 2.24) is 0 Å². The van der Waals surface area contributed by atoms with E-state index in [4.69, 9.17) is 9.47 Å². The third-order valence-electron chi connectivity index (χ3n) is 4.03. The average molecular weight is 330 g/mol.